The highest BCUT2D eigenvalue weighted by molar-refractivity contribution is 5.06. The van der Waals surface area contributed by atoms with Gasteiger partial charge in [-0.3, -0.25) is 0 Å². The highest BCUT2D eigenvalue weighted by Gasteiger charge is 2.31. The van der Waals surface area contributed by atoms with Crippen molar-refractivity contribution < 1.29 is 0 Å². The van der Waals surface area contributed by atoms with Crippen LogP contribution in [0.25, 0.3) is 0 Å². The number of rotatable bonds is 2. The van der Waals surface area contributed by atoms with Crippen molar-refractivity contribution in [2.75, 3.05) is 6.54 Å². The van der Waals surface area contributed by atoms with E-state index in [1.54, 1.807) is 0 Å². The van der Waals surface area contributed by atoms with Crippen LogP contribution in [0.15, 0.2) is 0 Å². The SMILES string of the molecule is Cc1nnc([C@H]2CCCN2)n1C1CC1. The molecule has 14 heavy (non-hydrogen) atoms. The van der Waals surface area contributed by atoms with Crippen molar-refractivity contribution in [3.8, 4) is 0 Å². The summed E-state index contributed by atoms with van der Waals surface area (Å²) in [6.45, 7) is 3.19. The van der Waals surface area contributed by atoms with Crippen molar-refractivity contribution in [3.05, 3.63) is 11.6 Å². The first-order valence-electron chi connectivity index (χ1n) is 5.51. The topological polar surface area (TPSA) is 42.7 Å². The van der Waals surface area contributed by atoms with E-state index in [4.69, 9.17) is 0 Å². The number of hydrogen-bond acceptors (Lipinski definition) is 3. The molecule has 1 aromatic rings. The maximum atomic E-state index is 4.31. The van der Waals surface area contributed by atoms with Crippen LogP contribution < -0.4 is 5.32 Å². The Balaban J connectivity index is 1.95. The zero-order valence-corrected chi connectivity index (χ0v) is 8.53. The van der Waals surface area contributed by atoms with Crippen LogP contribution in [0.4, 0.5) is 0 Å². The molecular weight excluding hydrogens is 176 g/mol. The number of aryl methyl sites for hydroxylation is 1. The zero-order valence-electron chi connectivity index (χ0n) is 8.53. The molecular formula is C10H16N4. The average molecular weight is 192 g/mol. The van der Waals surface area contributed by atoms with Gasteiger partial charge in [0.05, 0.1) is 6.04 Å². The first-order valence-corrected chi connectivity index (χ1v) is 5.51. The van der Waals surface area contributed by atoms with Gasteiger partial charge in [0.15, 0.2) is 0 Å². The summed E-state index contributed by atoms with van der Waals surface area (Å²) >= 11 is 0. The Labute approximate surface area is 83.7 Å². The lowest BCUT2D eigenvalue weighted by molar-refractivity contribution is 0.547. The van der Waals surface area contributed by atoms with Crippen molar-refractivity contribution in [1.82, 2.24) is 20.1 Å². The summed E-state index contributed by atoms with van der Waals surface area (Å²) in [5.41, 5.74) is 0. The second kappa shape index (κ2) is 3.05. The van der Waals surface area contributed by atoms with E-state index in [-0.39, 0.29) is 0 Å². The molecule has 1 saturated heterocycles. The molecule has 3 rings (SSSR count). The van der Waals surface area contributed by atoms with Crippen molar-refractivity contribution in [2.45, 2.75) is 44.7 Å². The quantitative estimate of drug-likeness (QED) is 0.769. The number of nitrogens with zero attached hydrogens (tertiary/aromatic N) is 3. The molecule has 1 atom stereocenters. The van der Waals surface area contributed by atoms with Gasteiger partial charge in [-0.2, -0.15) is 0 Å². The van der Waals surface area contributed by atoms with Gasteiger partial charge in [0.1, 0.15) is 11.6 Å². The summed E-state index contributed by atoms with van der Waals surface area (Å²) in [7, 11) is 0. The van der Waals surface area contributed by atoms with E-state index in [1.807, 2.05) is 0 Å². The molecule has 1 saturated carbocycles. The maximum absolute atomic E-state index is 4.31. The Morgan fingerprint density at radius 2 is 2.14 bits per heavy atom. The molecule has 0 bridgehead atoms. The fourth-order valence-corrected chi connectivity index (χ4v) is 2.31. The van der Waals surface area contributed by atoms with Gasteiger partial charge in [0, 0.05) is 6.04 Å². The molecule has 0 unspecified atom stereocenters. The molecule has 2 heterocycles. The van der Waals surface area contributed by atoms with Crippen molar-refractivity contribution >= 4 is 0 Å². The van der Waals surface area contributed by atoms with E-state index < -0.39 is 0 Å². The predicted octanol–water partition coefficient (Wildman–Crippen LogP) is 1.35. The summed E-state index contributed by atoms with van der Waals surface area (Å²) in [6, 6.07) is 1.15. The summed E-state index contributed by atoms with van der Waals surface area (Å²) in [6.07, 6.45) is 5.09. The van der Waals surface area contributed by atoms with Crippen LogP contribution in [0.3, 0.4) is 0 Å². The Morgan fingerprint density at radius 1 is 1.29 bits per heavy atom. The zero-order chi connectivity index (χ0) is 9.54. The summed E-state index contributed by atoms with van der Waals surface area (Å²) in [4.78, 5) is 0. The third-order valence-electron chi connectivity index (χ3n) is 3.18. The minimum absolute atomic E-state index is 0.455. The first-order chi connectivity index (χ1) is 6.86. The third kappa shape index (κ3) is 1.25. The number of aromatic nitrogens is 3. The summed E-state index contributed by atoms with van der Waals surface area (Å²) in [5.74, 6) is 2.25. The fraction of sp³-hybridized carbons (Fsp3) is 0.800. The van der Waals surface area contributed by atoms with E-state index in [0.717, 1.165) is 12.4 Å². The Bertz CT molecular complexity index is 334. The predicted molar refractivity (Wildman–Crippen MR) is 53.0 cm³/mol. The first kappa shape index (κ1) is 8.41. The van der Waals surface area contributed by atoms with E-state index in [2.05, 4.69) is 27.0 Å². The molecule has 76 valence electrons. The Kier molecular flexibility index (Phi) is 1.83. The average Bonchev–Trinajstić information content (AvgIpc) is 2.75. The highest BCUT2D eigenvalue weighted by atomic mass is 15.3. The molecule has 1 aliphatic carbocycles. The molecule has 4 heteroatoms. The number of nitrogens with one attached hydrogen (secondary N) is 1. The summed E-state index contributed by atoms with van der Waals surface area (Å²) in [5, 5.41) is 12.0. The minimum atomic E-state index is 0.455. The van der Waals surface area contributed by atoms with Crippen LogP contribution in [0.2, 0.25) is 0 Å². The molecule has 1 aromatic heterocycles. The molecule has 1 N–H and O–H groups in total. The minimum Gasteiger partial charge on any atom is -0.311 e. The van der Waals surface area contributed by atoms with E-state index in [9.17, 15) is 0 Å². The second-order valence-electron chi connectivity index (χ2n) is 4.36. The lowest BCUT2D eigenvalue weighted by Crippen LogP contribution is -2.18. The second-order valence-corrected chi connectivity index (χ2v) is 4.36. The van der Waals surface area contributed by atoms with Gasteiger partial charge >= 0.3 is 0 Å². The van der Waals surface area contributed by atoms with Gasteiger partial charge < -0.3 is 9.88 Å². The van der Waals surface area contributed by atoms with Crippen molar-refractivity contribution in [2.24, 2.45) is 0 Å². The molecule has 0 amide bonds. The fourth-order valence-electron chi connectivity index (χ4n) is 2.31. The third-order valence-corrected chi connectivity index (χ3v) is 3.18. The molecule has 0 aromatic carbocycles. The van der Waals surface area contributed by atoms with Gasteiger partial charge in [-0.05, 0) is 39.2 Å². The number of hydrogen-bond donors (Lipinski definition) is 1. The summed E-state index contributed by atoms with van der Waals surface area (Å²) < 4.78 is 2.34. The van der Waals surface area contributed by atoms with Crippen molar-refractivity contribution in [3.63, 3.8) is 0 Å². The molecule has 0 spiro atoms. The smallest absolute Gasteiger partial charge is 0.150 e. The van der Waals surface area contributed by atoms with Crippen LogP contribution >= 0.6 is 0 Å². The van der Waals surface area contributed by atoms with Crippen LogP contribution in [0.1, 0.15) is 49.4 Å². The molecule has 1 aliphatic heterocycles. The largest absolute Gasteiger partial charge is 0.311 e. The van der Waals surface area contributed by atoms with E-state index in [1.165, 1.54) is 31.5 Å². The lowest BCUT2D eigenvalue weighted by Gasteiger charge is -2.12. The van der Waals surface area contributed by atoms with E-state index in [0.29, 0.717) is 12.1 Å². The molecule has 2 aliphatic rings. The van der Waals surface area contributed by atoms with Crippen molar-refractivity contribution in [1.29, 1.82) is 0 Å². The Morgan fingerprint density at radius 3 is 2.79 bits per heavy atom. The van der Waals surface area contributed by atoms with Crippen LogP contribution in [-0.4, -0.2) is 21.3 Å². The normalized spacial score (nSPS) is 27.1. The highest BCUT2D eigenvalue weighted by Crippen LogP contribution is 2.38. The molecule has 0 radical (unpaired) electrons. The standard InChI is InChI=1S/C10H16N4/c1-7-12-13-10(9-3-2-6-11-9)14(7)8-4-5-8/h8-9,11H,2-6H2,1H3/t9-/m1/s1. The molecule has 2 fully saturated rings. The van der Waals surface area contributed by atoms with Gasteiger partial charge in [0.2, 0.25) is 0 Å². The van der Waals surface area contributed by atoms with Gasteiger partial charge in [-0.1, -0.05) is 0 Å². The van der Waals surface area contributed by atoms with Crippen LogP contribution in [0, 0.1) is 6.92 Å². The monoisotopic (exact) mass is 192 g/mol. The maximum Gasteiger partial charge on any atom is 0.150 e. The van der Waals surface area contributed by atoms with Crippen LogP contribution in [-0.2, 0) is 0 Å². The lowest BCUT2D eigenvalue weighted by atomic mass is 10.2. The van der Waals surface area contributed by atoms with Crippen LogP contribution in [0.5, 0.6) is 0 Å². The van der Waals surface area contributed by atoms with Gasteiger partial charge in [-0.15, -0.1) is 10.2 Å². The molecule has 4 nitrogen and oxygen atoms in total. The van der Waals surface area contributed by atoms with E-state index >= 15 is 0 Å². The van der Waals surface area contributed by atoms with Gasteiger partial charge in [0.25, 0.3) is 0 Å². The Hall–Kier alpha value is -0.900. The van der Waals surface area contributed by atoms with Gasteiger partial charge in [-0.25, -0.2) is 0 Å².